The molecule has 76 valence electrons. The third kappa shape index (κ3) is 3.64. The lowest BCUT2D eigenvalue weighted by molar-refractivity contribution is 0.328. The maximum Gasteiger partial charge on any atom is 0.107 e. The van der Waals surface area contributed by atoms with E-state index in [0.29, 0.717) is 18.7 Å². The van der Waals surface area contributed by atoms with Crippen LogP contribution in [-0.4, -0.2) is 24.7 Å². The third-order valence-electron chi connectivity index (χ3n) is 2.58. The van der Waals surface area contributed by atoms with E-state index in [0.717, 1.165) is 25.4 Å². The van der Waals surface area contributed by atoms with E-state index in [-0.39, 0.29) is 0 Å². The van der Waals surface area contributed by atoms with Crippen LogP contribution in [0.15, 0.2) is 12.7 Å². The second-order valence-corrected chi connectivity index (χ2v) is 7.18. The summed E-state index contributed by atoms with van der Waals surface area (Å²) in [6, 6.07) is 0. The molecule has 1 fully saturated rings. The van der Waals surface area contributed by atoms with Gasteiger partial charge in [0.05, 0.1) is 7.14 Å². The summed E-state index contributed by atoms with van der Waals surface area (Å²) in [6.07, 6.45) is 5.95. The van der Waals surface area contributed by atoms with E-state index in [9.17, 15) is 8.96 Å². The zero-order valence-electron chi connectivity index (χ0n) is 8.04. The molecular weight excluding hydrogens is 186 g/mol. The summed E-state index contributed by atoms with van der Waals surface area (Å²) in [4.78, 5) is 0. The highest BCUT2D eigenvalue weighted by Crippen LogP contribution is 2.49. The van der Waals surface area contributed by atoms with E-state index in [1.807, 2.05) is 0 Å². The van der Waals surface area contributed by atoms with Crippen molar-refractivity contribution in [2.75, 3.05) is 18.5 Å². The average molecular weight is 204 g/mol. The minimum absolute atomic E-state index is 0.291. The van der Waals surface area contributed by atoms with Gasteiger partial charge in [-0.3, -0.25) is 0 Å². The van der Waals surface area contributed by atoms with Crippen LogP contribution in [0.25, 0.3) is 0 Å². The SMILES string of the molecule is C=CCP1(=O)CCCCCC(F)C1. The average Bonchev–Trinajstić information content (AvgIpc) is 2.01. The summed E-state index contributed by atoms with van der Waals surface area (Å²) in [5, 5.41) is 0. The Morgan fingerprint density at radius 3 is 2.92 bits per heavy atom. The van der Waals surface area contributed by atoms with Crippen molar-refractivity contribution in [1.29, 1.82) is 0 Å². The quantitative estimate of drug-likeness (QED) is 0.497. The fourth-order valence-electron chi connectivity index (χ4n) is 1.89. The number of hydrogen-bond acceptors (Lipinski definition) is 1. The first-order valence-electron chi connectivity index (χ1n) is 4.98. The Morgan fingerprint density at radius 2 is 2.23 bits per heavy atom. The van der Waals surface area contributed by atoms with Crippen molar-refractivity contribution < 1.29 is 8.96 Å². The Labute approximate surface area is 79.8 Å². The van der Waals surface area contributed by atoms with Gasteiger partial charge in [0, 0.05) is 18.5 Å². The van der Waals surface area contributed by atoms with Crippen LogP contribution < -0.4 is 0 Å². The first-order valence-corrected chi connectivity index (χ1v) is 7.24. The van der Waals surface area contributed by atoms with E-state index in [2.05, 4.69) is 6.58 Å². The highest BCUT2D eigenvalue weighted by molar-refractivity contribution is 7.64. The molecule has 0 aromatic heterocycles. The minimum atomic E-state index is -2.23. The first kappa shape index (κ1) is 11.0. The van der Waals surface area contributed by atoms with Crippen molar-refractivity contribution in [2.45, 2.75) is 31.9 Å². The monoisotopic (exact) mass is 204 g/mol. The molecule has 0 aliphatic carbocycles. The molecule has 1 saturated heterocycles. The maximum absolute atomic E-state index is 13.2. The van der Waals surface area contributed by atoms with Crippen LogP contribution in [0.4, 0.5) is 4.39 Å². The van der Waals surface area contributed by atoms with Gasteiger partial charge in [-0.05, 0) is 12.8 Å². The summed E-state index contributed by atoms with van der Waals surface area (Å²) in [7, 11) is -2.23. The Balaban J connectivity index is 2.58. The smallest absolute Gasteiger partial charge is 0.107 e. The van der Waals surface area contributed by atoms with Gasteiger partial charge in [-0.25, -0.2) is 4.39 Å². The second-order valence-electron chi connectivity index (χ2n) is 3.88. The summed E-state index contributed by atoms with van der Waals surface area (Å²) >= 11 is 0. The molecule has 3 heteroatoms. The summed E-state index contributed by atoms with van der Waals surface area (Å²) < 4.78 is 25.3. The highest BCUT2D eigenvalue weighted by Gasteiger charge is 2.26. The highest BCUT2D eigenvalue weighted by atomic mass is 31.2. The van der Waals surface area contributed by atoms with Gasteiger partial charge in [-0.2, -0.15) is 0 Å². The van der Waals surface area contributed by atoms with Crippen molar-refractivity contribution in [3.63, 3.8) is 0 Å². The number of hydrogen-bond donors (Lipinski definition) is 0. The summed E-state index contributed by atoms with van der Waals surface area (Å²) in [5.74, 6) is 0. The minimum Gasteiger partial charge on any atom is -0.323 e. The molecule has 1 heterocycles. The van der Waals surface area contributed by atoms with Gasteiger partial charge < -0.3 is 4.57 Å². The lowest BCUT2D eigenvalue weighted by Crippen LogP contribution is -2.13. The van der Waals surface area contributed by atoms with Crippen molar-refractivity contribution in [2.24, 2.45) is 0 Å². The molecule has 1 aliphatic heterocycles. The van der Waals surface area contributed by atoms with E-state index < -0.39 is 13.3 Å². The second kappa shape index (κ2) is 4.95. The van der Waals surface area contributed by atoms with Crippen LogP contribution in [0.1, 0.15) is 25.7 Å². The number of rotatable bonds is 2. The normalized spacial score (nSPS) is 36.2. The van der Waals surface area contributed by atoms with Gasteiger partial charge in [0.15, 0.2) is 0 Å². The molecule has 0 aromatic rings. The van der Waals surface area contributed by atoms with E-state index in [4.69, 9.17) is 0 Å². The van der Waals surface area contributed by atoms with E-state index in [1.165, 1.54) is 0 Å². The zero-order chi connectivity index (χ0) is 9.73. The molecule has 0 aromatic carbocycles. The molecular formula is C10H18FOP. The molecule has 13 heavy (non-hydrogen) atoms. The Morgan fingerprint density at radius 1 is 1.46 bits per heavy atom. The van der Waals surface area contributed by atoms with Crippen LogP contribution >= 0.6 is 7.14 Å². The van der Waals surface area contributed by atoms with Gasteiger partial charge in [0.2, 0.25) is 0 Å². The standard InChI is InChI=1S/C10H18FOP/c1-2-7-13(12)8-5-3-4-6-10(11)9-13/h2,10H,1,3-9H2. The Bertz CT molecular complexity index is 215. The van der Waals surface area contributed by atoms with Gasteiger partial charge in [0.25, 0.3) is 0 Å². The molecule has 1 aliphatic rings. The number of alkyl halides is 1. The van der Waals surface area contributed by atoms with Crippen molar-refractivity contribution in [3.05, 3.63) is 12.7 Å². The molecule has 0 N–H and O–H groups in total. The number of halogens is 1. The predicted octanol–water partition coefficient (Wildman–Crippen LogP) is 3.45. The molecule has 0 spiro atoms. The zero-order valence-corrected chi connectivity index (χ0v) is 8.94. The van der Waals surface area contributed by atoms with E-state index >= 15 is 0 Å². The topological polar surface area (TPSA) is 17.1 Å². The van der Waals surface area contributed by atoms with Crippen LogP contribution in [-0.2, 0) is 4.57 Å². The van der Waals surface area contributed by atoms with Crippen molar-refractivity contribution >= 4 is 7.14 Å². The molecule has 2 unspecified atom stereocenters. The molecule has 1 rings (SSSR count). The summed E-state index contributed by atoms with van der Waals surface area (Å²) in [6.45, 7) is 3.58. The Hall–Kier alpha value is -0.100. The van der Waals surface area contributed by atoms with Gasteiger partial charge in [-0.1, -0.05) is 18.9 Å². The fourth-order valence-corrected chi connectivity index (χ4v) is 4.58. The van der Waals surface area contributed by atoms with Crippen LogP contribution in [0, 0.1) is 0 Å². The molecule has 0 radical (unpaired) electrons. The van der Waals surface area contributed by atoms with Crippen LogP contribution in [0.3, 0.4) is 0 Å². The molecule has 1 nitrogen and oxygen atoms in total. The first-order chi connectivity index (χ1) is 6.16. The fraction of sp³-hybridized carbons (Fsp3) is 0.800. The summed E-state index contributed by atoms with van der Waals surface area (Å²) in [5.41, 5.74) is 0. The Kier molecular flexibility index (Phi) is 4.18. The van der Waals surface area contributed by atoms with Gasteiger partial charge in [-0.15, -0.1) is 6.58 Å². The van der Waals surface area contributed by atoms with Gasteiger partial charge >= 0.3 is 0 Å². The van der Waals surface area contributed by atoms with E-state index in [1.54, 1.807) is 6.08 Å². The molecule has 0 amide bonds. The van der Waals surface area contributed by atoms with Crippen molar-refractivity contribution in [3.8, 4) is 0 Å². The lowest BCUT2D eigenvalue weighted by Gasteiger charge is -2.21. The lowest BCUT2D eigenvalue weighted by atomic mass is 10.1. The van der Waals surface area contributed by atoms with Crippen LogP contribution in [0.5, 0.6) is 0 Å². The largest absolute Gasteiger partial charge is 0.323 e. The third-order valence-corrected chi connectivity index (χ3v) is 5.69. The molecule has 0 saturated carbocycles. The predicted molar refractivity (Wildman–Crippen MR) is 55.8 cm³/mol. The van der Waals surface area contributed by atoms with Crippen molar-refractivity contribution in [1.82, 2.24) is 0 Å². The molecule has 2 atom stereocenters. The van der Waals surface area contributed by atoms with Crippen LogP contribution in [0.2, 0.25) is 0 Å². The number of allylic oxidation sites excluding steroid dienone is 1. The molecule has 0 bridgehead atoms. The maximum atomic E-state index is 13.2. The van der Waals surface area contributed by atoms with Gasteiger partial charge in [0.1, 0.15) is 6.17 Å².